The minimum Gasteiger partial charge on any atom is -0.368 e. The van der Waals surface area contributed by atoms with Crippen LogP contribution in [0.15, 0.2) is 48.5 Å². The lowest BCUT2D eigenvalue weighted by Gasteiger charge is -2.26. The van der Waals surface area contributed by atoms with E-state index < -0.39 is 0 Å². The second kappa shape index (κ2) is 5.81. The van der Waals surface area contributed by atoms with Gasteiger partial charge in [-0.2, -0.15) is 4.98 Å². The third-order valence-electron chi connectivity index (χ3n) is 3.90. The maximum absolute atomic E-state index is 5.97. The average Bonchev–Trinajstić information content (AvgIpc) is 2.52. The van der Waals surface area contributed by atoms with E-state index in [4.69, 9.17) is 17.3 Å². The van der Waals surface area contributed by atoms with Gasteiger partial charge in [-0.25, -0.2) is 4.98 Å². The summed E-state index contributed by atoms with van der Waals surface area (Å²) in [6.07, 6.45) is 0. The number of rotatable bonds is 3. The fraction of sp³-hybridized carbons (Fsp3) is 0.176. The first-order valence-electron chi connectivity index (χ1n) is 7.06. The SMILES string of the molecule is CC(c1ccc2ccccc2c1)N(C)c1cc(Cl)nc(N)n1. The van der Waals surface area contributed by atoms with Gasteiger partial charge in [-0.15, -0.1) is 0 Å². The smallest absolute Gasteiger partial charge is 0.223 e. The molecule has 4 nitrogen and oxygen atoms in total. The summed E-state index contributed by atoms with van der Waals surface area (Å²) in [6.45, 7) is 2.12. The van der Waals surface area contributed by atoms with E-state index in [1.807, 2.05) is 24.1 Å². The topological polar surface area (TPSA) is 55.0 Å². The molecule has 0 spiro atoms. The molecule has 0 aliphatic carbocycles. The molecule has 0 fully saturated rings. The van der Waals surface area contributed by atoms with Gasteiger partial charge in [-0.3, -0.25) is 0 Å². The van der Waals surface area contributed by atoms with E-state index in [9.17, 15) is 0 Å². The zero-order valence-electron chi connectivity index (χ0n) is 12.5. The minimum absolute atomic E-state index is 0.134. The van der Waals surface area contributed by atoms with Crippen LogP contribution >= 0.6 is 11.6 Å². The molecule has 3 aromatic rings. The highest BCUT2D eigenvalue weighted by molar-refractivity contribution is 6.29. The molecule has 1 heterocycles. The molecular weight excluding hydrogens is 296 g/mol. The number of hydrogen-bond acceptors (Lipinski definition) is 4. The van der Waals surface area contributed by atoms with Crippen molar-refractivity contribution in [1.82, 2.24) is 9.97 Å². The zero-order chi connectivity index (χ0) is 15.7. The molecule has 1 aromatic heterocycles. The quantitative estimate of drug-likeness (QED) is 0.741. The number of nitrogen functional groups attached to an aromatic ring is 1. The summed E-state index contributed by atoms with van der Waals surface area (Å²) in [5, 5.41) is 2.80. The second-order valence-electron chi connectivity index (χ2n) is 5.30. The Morgan fingerprint density at radius 3 is 2.50 bits per heavy atom. The summed E-state index contributed by atoms with van der Waals surface area (Å²) in [5.41, 5.74) is 6.88. The van der Waals surface area contributed by atoms with Crippen LogP contribution in [0.2, 0.25) is 5.15 Å². The van der Waals surface area contributed by atoms with Crippen molar-refractivity contribution < 1.29 is 0 Å². The standard InChI is InChI=1S/C17H17ClN4/c1-11(22(2)16-10-15(18)20-17(19)21-16)13-8-7-12-5-3-4-6-14(12)9-13/h3-11H,1-2H3,(H2,19,20,21). The summed E-state index contributed by atoms with van der Waals surface area (Å²) in [7, 11) is 1.97. The van der Waals surface area contributed by atoms with Crippen molar-refractivity contribution in [1.29, 1.82) is 0 Å². The number of hydrogen-bond donors (Lipinski definition) is 1. The number of halogens is 1. The van der Waals surface area contributed by atoms with E-state index in [0.29, 0.717) is 11.0 Å². The molecule has 0 saturated carbocycles. The normalized spacial score (nSPS) is 12.3. The Bertz CT molecular complexity index is 798. The van der Waals surface area contributed by atoms with Crippen molar-refractivity contribution in [3.05, 3.63) is 59.2 Å². The van der Waals surface area contributed by atoms with Crippen LogP contribution in [0.5, 0.6) is 0 Å². The van der Waals surface area contributed by atoms with Crippen LogP contribution in [0.4, 0.5) is 11.8 Å². The first-order chi connectivity index (χ1) is 10.5. The monoisotopic (exact) mass is 312 g/mol. The first-order valence-corrected chi connectivity index (χ1v) is 7.44. The van der Waals surface area contributed by atoms with E-state index >= 15 is 0 Å². The number of nitrogens with two attached hydrogens (primary N) is 1. The van der Waals surface area contributed by atoms with Gasteiger partial charge >= 0.3 is 0 Å². The van der Waals surface area contributed by atoms with Crippen LogP contribution in [-0.4, -0.2) is 17.0 Å². The number of fused-ring (bicyclic) bond motifs is 1. The third kappa shape index (κ3) is 2.83. The Hall–Kier alpha value is -2.33. The fourth-order valence-electron chi connectivity index (χ4n) is 2.49. The Morgan fingerprint density at radius 2 is 1.77 bits per heavy atom. The molecule has 0 saturated heterocycles. The minimum atomic E-state index is 0.134. The van der Waals surface area contributed by atoms with Gasteiger partial charge in [-0.1, -0.05) is 48.0 Å². The molecule has 2 aromatic carbocycles. The van der Waals surface area contributed by atoms with Crippen LogP contribution < -0.4 is 10.6 Å². The molecule has 0 amide bonds. The Labute approximate surface area is 134 Å². The number of benzene rings is 2. The number of anilines is 2. The summed E-state index contributed by atoms with van der Waals surface area (Å²) in [4.78, 5) is 10.2. The molecule has 112 valence electrons. The van der Waals surface area contributed by atoms with Gasteiger partial charge in [0.15, 0.2) is 0 Å². The van der Waals surface area contributed by atoms with Crippen molar-refractivity contribution in [3.8, 4) is 0 Å². The maximum atomic E-state index is 5.97. The Kier molecular flexibility index (Phi) is 3.86. The van der Waals surface area contributed by atoms with Gasteiger partial charge in [0.1, 0.15) is 11.0 Å². The molecule has 0 aliphatic heterocycles. The molecule has 3 rings (SSSR count). The lowest BCUT2D eigenvalue weighted by Crippen LogP contribution is -2.23. The van der Waals surface area contributed by atoms with Crippen molar-refractivity contribution >= 4 is 34.1 Å². The van der Waals surface area contributed by atoms with Crippen molar-refractivity contribution in [2.45, 2.75) is 13.0 Å². The molecule has 22 heavy (non-hydrogen) atoms. The lowest BCUT2D eigenvalue weighted by atomic mass is 10.0. The molecule has 1 atom stereocenters. The van der Waals surface area contributed by atoms with Crippen molar-refractivity contribution in [2.24, 2.45) is 0 Å². The highest BCUT2D eigenvalue weighted by atomic mass is 35.5. The summed E-state index contributed by atoms with van der Waals surface area (Å²) in [6, 6.07) is 16.6. The van der Waals surface area contributed by atoms with Gasteiger partial charge in [0.2, 0.25) is 5.95 Å². The number of nitrogens with zero attached hydrogens (tertiary/aromatic N) is 3. The molecule has 2 N–H and O–H groups in total. The van der Waals surface area contributed by atoms with E-state index in [0.717, 1.165) is 0 Å². The summed E-state index contributed by atoms with van der Waals surface area (Å²) < 4.78 is 0. The van der Waals surface area contributed by atoms with Crippen molar-refractivity contribution in [3.63, 3.8) is 0 Å². The molecule has 0 bridgehead atoms. The molecule has 5 heteroatoms. The van der Waals surface area contributed by atoms with E-state index in [1.165, 1.54) is 16.3 Å². The fourth-order valence-corrected chi connectivity index (χ4v) is 2.68. The van der Waals surface area contributed by atoms with E-state index in [2.05, 4.69) is 47.2 Å². The largest absolute Gasteiger partial charge is 0.368 e. The van der Waals surface area contributed by atoms with E-state index in [1.54, 1.807) is 6.07 Å². The lowest BCUT2D eigenvalue weighted by molar-refractivity contribution is 0.729. The van der Waals surface area contributed by atoms with Crippen LogP contribution in [0.3, 0.4) is 0 Å². The van der Waals surface area contributed by atoms with Crippen LogP contribution in [0.1, 0.15) is 18.5 Å². The van der Waals surface area contributed by atoms with Crippen LogP contribution in [0.25, 0.3) is 10.8 Å². The first kappa shape index (κ1) is 14.6. The van der Waals surface area contributed by atoms with Gasteiger partial charge in [0.25, 0.3) is 0 Å². The van der Waals surface area contributed by atoms with Gasteiger partial charge in [0.05, 0.1) is 6.04 Å². The zero-order valence-corrected chi connectivity index (χ0v) is 13.2. The number of aromatic nitrogens is 2. The Morgan fingerprint density at radius 1 is 1.05 bits per heavy atom. The third-order valence-corrected chi connectivity index (χ3v) is 4.09. The van der Waals surface area contributed by atoms with Crippen LogP contribution in [-0.2, 0) is 0 Å². The molecule has 0 radical (unpaired) electrons. The molecule has 0 aliphatic rings. The highest BCUT2D eigenvalue weighted by Gasteiger charge is 2.15. The summed E-state index contributed by atoms with van der Waals surface area (Å²) >= 11 is 5.97. The van der Waals surface area contributed by atoms with Crippen LogP contribution in [0, 0.1) is 0 Å². The van der Waals surface area contributed by atoms with Gasteiger partial charge in [-0.05, 0) is 29.3 Å². The van der Waals surface area contributed by atoms with Gasteiger partial charge in [0, 0.05) is 13.1 Å². The highest BCUT2D eigenvalue weighted by Crippen LogP contribution is 2.27. The summed E-state index contributed by atoms with van der Waals surface area (Å²) in [5.74, 6) is 0.887. The predicted octanol–water partition coefficient (Wildman–Crippen LogP) is 4.06. The maximum Gasteiger partial charge on any atom is 0.223 e. The Balaban J connectivity index is 1.95. The van der Waals surface area contributed by atoms with Crippen molar-refractivity contribution in [2.75, 3.05) is 17.7 Å². The predicted molar refractivity (Wildman–Crippen MR) is 92.2 cm³/mol. The molecule has 1 unspecified atom stereocenters. The second-order valence-corrected chi connectivity index (χ2v) is 5.69. The molecular formula is C17H17ClN4. The van der Waals surface area contributed by atoms with Gasteiger partial charge < -0.3 is 10.6 Å². The van der Waals surface area contributed by atoms with E-state index in [-0.39, 0.29) is 12.0 Å². The average molecular weight is 313 g/mol.